The second-order valence-electron chi connectivity index (χ2n) is 8.95. The van der Waals surface area contributed by atoms with E-state index in [0.29, 0.717) is 54.9 Å². The quantitative estimate of drug-likeness (QED) is 0.155. The van der Waals surface area contributed by atoms with E-state index in [1.54, 1.807) is 24.3 Å². The Balaban J connectivity index is 1.60. The van der Waals surface area contributed by atoms with Crippen molar-refractivity contribution in [3.8, 4) is 22.9 Å². The molecule has 0 atom stereocenters. The molecular weight excluding hydrogens is 506 g/mol. The van der Waals surface area contributed by atoms with E-state index in [0.717, 1.165) is 34.4 Å². The number of benzene rings is 2. The highest BCUT2D eigenvalue weighted by Crippen LogP contribution is 2.45. The van der Waals surface area contributed by atoms with Gasteiger partial charge in [0.05, 0.1) is 0 Å². The van der Waals surface area contributed by atoms with Crippen LogP contribution in [0.2, 0.25) is 0 Å². The molecule has 4 rings (SSSR count). The number of nitrogens with two attached hydrogens (primary N) is 2. The van der Waals surface area contributed by atoms with Crippen LogP contribution >= 0.6 is 0 Å². The van der Waals surface area contributed by atoms with Crippen molar-refractivity contribution in [1.82, 2.24) is 15.4 Å². The van der Waals surface area contributed by atoms with Crippen LogP contribution in [0.25, 0.3) is 11.1 Å². The average molecular weight is 538 g/mol. The SMILES string of the molecule is NCCCNC(=O)c1ccc2c(c1)C(COC(=O)On1c(O)ccc1O)c1cc(C(=O)NCCCN)ccc1-2. The first-order chi connectivity index (χ1) is 18.8. The van der Waals surface area contributed by atoms with Crippen LogP contribution in [0.5, 0.6) is 11.8 Å². The monoisotopic (exact) mass is 537 g/mol. The minimum absolute atomic E-state index is 0.196. The summed E-state index contributed by atoms with van der Waals surface area (Å²) in [6.07, 6.45) is 0.116. The van der Waals surface area contributed by atoms with Crippen molar-refractivity contribution in [2.24, 2.45) is 11.5 Å². The minimum atomic E-state index is -1.17. The standard InChI is InChI=1S/C27H31N5O7/c28-9-1-11-30-25(35)16-3-5-18-19-6-4-17(26(36)31-12-2-10-29)14-21(19)22(20(18)13-16)15-38-27(37)39-32-23(33)7-8-24(32)34/h3-8,13-14,22,33-34H,1-2,9-12,15,28-29H2,(H,30,35)(H,31,36). The number of carbonyl (C=O) groups excluding carboxylic acids is 3. The molecule has 0 spiro atoms. The van der Waals surface area contributed by atoms with Gasteiger partial charge in [0.25, 0.3) is 11.8 Å². The lowest BCUT2D eigenvalue weighted by Gasteiger charge is -2.16. The topological polar surface area (TPSA) is 191 Å². The molecule has 12 nitrogen and oxygen atoms in total. The Morgan fingerprint density at radius 2 is 1.28 bits per heavy atom. The highest BCUT2D eigenvalue weighted by atomic mass is 16.8. The zero-order valence-electron chi connectivity index (χ0n) is 21.2. The smallest absolute Gasteiger partial charge is 0.492 e. The predicted octanol–water partition coefficient (Wildman–Crippen LogP) is 1.43. The van der Waals surface area contributed by atoms with Gasteiger partial charge in [0.2, 0.25) is 11.8 Å². The molecule has 1 heterocycles. The third-order valence-corrected chi connectivity index (χ3v) is 6.33. The van der Waals surface area contributed by atoms with E-state index in [9.17, 15) is 24.6 Å². The third kappa shape index (κ3) is 6.13. The lowest BCUT2D eigenvalue weighted by atomic mass is 9.95. The molecule has 0 saturated heterocycles. The Labute approximate surface area is 224 Å². The van der Waals surface area contributed by atoms with Crippen LogP contribution in [0.3, 0.4) is 0 Å². The van der Waals surface area contributed by atoms with Crippen LogP contribution in [0.1, 0.15) is 50.6 Å². The number of aromatic nitrogens is 1. The summed E-state index contributed by atoms with van der Waals surface area (Å²) in [4.78, 5) is 42.7. The van der Waals surface area contributed by atoms with Gasteiger partial charge in [-0.1, -0.05) is 12.1 Å². The highest BCUT2D eigenvalue weighted by Gasteiger charge is 2.32. The zero-order valence-corrected chi connectivity index (χ0v) is 21.2. The van der Waals surface area contributed by atoms with E-state index < -0.39 is 23.8 Å². The van der Waals surface area contributed by atoms with Crippen LogP contribution in [-0.4, -0.2) is 65.7 Å². The van der Waals surface area contributed by atoms with Crippen LogP contribution in [0.15, 0.2) is 48.5 Å². The number of hydrogen-bond donors (Lipinski definition) is 6. The molecule has 39 heavy (non-hydrogen) atoms. The summed E-state index contributed by atoms with van der Waals surface area (Å²) in [5, 5.41) is 25.1. The number of hydrogen-bond acceptors (Lipinski definition) is 9. The molecule has 0 aliphatic heterocycles. The summed E-state index contributed by atoms with van der Waals surface area (Å²) in [7, 11) is 0. The number of carbonyl (C=O) groups is 3. The molecule has 2 aromatic carbocycles. The highest BCUT2D eigenvalue weighted by molar-refractivity contribution is 5.98. The number of nitrogens with zero attached hydrogens (tertiary/aromatic N) is 1. The van der Waals surface area contributed by atoms with Gasteiger partial charge in [-0.2, -0.15) is 0 Å². The molecule has 1 aliphatic carbocycles. The van der Waals surface area contributed by atoms with Crippen molar-refractivity contribution in [2.75, 3.05) is 32.8 Å². The Hall–Kier alpha value is -4.55. The van der Waals surface area contributed by atoms with Gasteiger partial charge in [-0.25, -0.2) is 4.79 Å². The van der Waals surface area contributed by atoms with E-state index in [4.69, 9.17) is 21.0 Å². The molecule has 3 aromatic rings. The fourth-order valence-corrected chi connectivity index (χ4v) is 4.38. The maximum atomic E-state index is 12.7. The van der Waals surface area contributed by atoms with Gasteiger partial charge in [0.15, 0.2) is 0 Å². The van der Waals surface area contributed by atoms with Gasteiger partial charge in [-0.05, 0) is 72.5 Å². The van der Waals surface area contributed by atoms with Crippen molar-refractivity contribution in [3.63, 3.8) is 0 Å². The molecule has 0 unspecified atom stereocenters. The Morgan fingerprint density at radius 1 is 0.795 bits per heavy atom. The van der Waals surface area contributed by atoms with E-state index >= 15 is 0 Å². The van der Waals surface area contributed by atoms with Gasteiger partial charge in [0, 0.05) is 42.3 Å². The Kier molecular flexibility index (Phi) is 8.69. The molecule has 206 valence electrons. The normalized spacial score (nSPS) is 11.9. The number of rotatable bonds is 11. The minimum Gasteiger partial charge on any atom is -0.492 e. The summed E-state index contributed by atoms with van der Waals surface area (Å²) in [5.74, 6) is -2.03. The third-order valence-electron chi connectivity index (χ3n) is 6.33. The van der Waals surface area contributed by atoms with Crippen molar-refractivity contribution in [1.29, 1.82) is 0 Å². The molecule has 0 bridgehead atoms. The van der Waals surface area contributed by atoms with Gasteiger partial charge in [-0.3, -0.25) is 14.4 Å². The summed E-state index contributed by atoms with van der Waals surface area (Å²) < 4.78 is 5.87. The molecule has 1 aromatic heterocycles. The molecule has 0 fully saturated rings. The van der Waals surface area contributed by atoms with E-state index in [2.05, 4.69) is 10.6 Å². The van der Waals surface area contributed by atoms with Crippen LogP contribution < -0.4 is 26.9 Å². The fourth-order valence-electron chi connectivity index (χ4n) is 4.38. The van der Waals surface area contributed by atoms with Gasteiger partial charge in [0.1, 0.15) is 6.61 Å². The lowest BCUT2D eigenvalue weighted by molar-refractivity contribution is 0.0340. The summed E-state index contributed by atoms with van der Waals surface area (Å²) in [5.41, 5.74) is 15.0. The molecule has 2 amide bonds. The molecular formula is C27H31N5O7. The maximum Gasteiger partial charge on any atom is 0.534 e. The second-order valence-corrected chi connectivity index (χ2v) is 8.95. The number of ether oxygens (including phenoxy) is 1. The Morgan fingerprint density at radius 3 is 1.74 bits per heavy atom. The second kappa shape index (κ2) is 12.3. The number of fused-ring (bicyclic) bond motifs is 3. The molecule has 8 N–H and O–H groups in total. The van der Waals surface area contributed by atoms with Crippen molar-refractivity contribution in [3.05, 3.63) is 70.8 Å². The van der Waals surface area contributed by atoms with Crippen molar-refractivity contribution < 1.29 is 34.2 Å². The number of aromatic hydroxyl groups is 2. The number of nitrogens with one attached hydrogen (secondary N) is 2. The zero-order chi connectivity index (χ0) is 27.9. The maximum absolute atomic E-state index is 12.7. The first-order valence-electron chi connectivity index (χ1n) is 12.5. The Bertz CT molecular complexity index is 1280. The van der Waals surface area contributed by atoms with Crippen molar-refractivity contribution in [2.45, 2.75) is 18.8 Å². The fraction of sp³-hybridized carbons (Fsp3) is 0.296. The van der Waals surface area contributed by atoms with E-state index in [1.807, 2.05) is 12.1 Å². The van der Waals surface area contributed by atoms with Gasteiger partial charge in [-0.15, -0.1) is 4.73 Å². The molecule has 0 saturated carbocycles. The lowest BCUT2D eigenvalue weighted by Crippen LogP contribution is -2.26. The predicted molar refractivity (Wildman–Crippen MR) is 141 cm³/mol. The van der Waals surface area contributed by atoms with Crippen molar-refractivity contribution >= 4 is 18.0 Å². The molecule has 1 aliphatic rings. The van der Waals surface area contributed by atoms with E-state index in [-0.39, 0.29) is 18.4 Å². The van der Waals surface area contributed by atoms with Crippen LogP contribution in [0.4, 0.5) is 4.79 Å². The van der Waals surface area contributed by atoms with Crippen LogP contribution in [0, 0.1) is 0 Å². The van der Waals surface area contributed by atoms with Gasteiger partial charge >= 0.3 is 6.16 Å². The van der Waals surface area contributed by atoms with Crippen LogP contribution in [-0.2, 0) is 4.74 Å². The largest absolute Gasteiger partial charge is 0.534 e. The first kappa shape index (κ1) is 27.5. The summed E-state index contributed by atoms with van der Waals surface area (Å²) >= 11 is 0. The number of amides is 2. The van der Waals surface area contributed by atoms with Gasteiger partial charge < -0.3 is 37.1 Å². The molecule has 0 radical (unpaired) electrons. The summed E-state index contributed by atoms with van der Waals surface area (Å²) in [6, 6.07) is 12.8. The molecule has 12 heteroatoms. The average Bonchev–Trinajstić information content (AvgIpc) is 3.42. The summed E-state index contributed by atoms with van der Waals surface area (Å²) in [6.45, 7) is 1.59. The first-order valence-corrected chi connectivity index (χ1v) is 12.5. The van der Waals surface area contributed by atoms with E-state index in [1.165, 1.54) is 0 Å².